The molecule has 0 radical (unpaired) electrons. The van der Waals surface area contributed by atoms with Crippen molar-refractivity contribution in [2.45, 2.75) is 39.9 Å². The maximum Gasteiger partial charge on any atom is 0.318 e. The number of carboxylic acids is 1. The standard InChI is InChI=1S/C31H34O9/c1-18-27(13-10-21-8-11-23(36-5)12-9-21)31(4,30(34)35)29(40-20(3)33)26(28(18)39-19(2)32)16-22-14-24(37-6)17-25(15-22)38-7/h8-17,28-29H,1-7H3,(H,34,35)/b13-10-,26-16-. The summed E-state index contributed by atoms with van der Waals surface area (Å²) in [6.45, 7) is 5.65. The van der Waals surface area contributed by atoms with Crippen LogP contribution in [0.3, 0.4) is 0 Å². The summed E-state index contributed by atoms with van der Waals surface area (Å²) in [6.07, 6.45) is 2.71. The highest BCUT2D eigenvalue weighted by Gasteiger charge is 2.54. The number of benzene rings is 2. The average Bonchev–Trinajstić information content (AvgIpc) is 2.92. The highest BCUT2D eigenvalue weighted by Crippen LogP contribution is 2.48. The van der Waals surface area contributed by atoms with E-state index in [1.807, 2.05) is 12.1 Å². The lowest BCUT2D eigenvalue weighted by molar-refractivity contribution is -0.162. The minimum atomic E-state index is -1.73. The van der Waals surface area contributed by atoms with E-state index in [1.54, 1.807) is 62.6 Å². The maximum absolute atomic E-state index is 13.0. The van der Waals surface area contributed by atoms with Crippen molar-refractivity contribution in [1.82, 2.24) is 0 Å². The van der Waals surface area contributed by atoms with Crippen molar-refractivity contribution in [1.29, 1.82) is 0 Å². The van der Waals surface area contributed by atoms with E-state index in [4.69, 9.17) is 23.7 Å². The highest BCUT2D eigenvalue weighted by atomic mass is 16.6. The first-order valence-electron chi connectivity index (χ1n) is 12.5. The Labute approximate surface area is 233 Å². The third-order valence-corrected chi connectivity index (χ3v) is 6.78. The molecule has 3 atom stereocenters. The summed E-state index contributed by atoms with van der Waals surface area (Å²) in [7, 11) is 4.58. The second-order valence-corrected chi connectivity index (χ2v) is 9.48. The normalized spacial score (nSPS) is 21.7. The zero-order valence-corrected chi connectivity index (χ0v) is 23.6. The number of esters is 2. The minimum absolute atomic E-state index is 0.282. The van der Waals surface area contributed by atoms with Gasteiger partial charge in [0.1, 0.15) is 34.9 Å². The number of carbonyl (C=O) groups excluding carboxylic acids is 2. The zero-order chi connectivity index (χ0) is 29.6. The SMILES string of the molecule is COc1ccc(/C=C\C2=C(C)C(OC(C)=O)/C(=C/c3cc(OC)cc(OC)c3)C(OC(C)=O)C2(C)C(=O)O)cc1. The molecule has 0 aromatic heterocycles. The Balaban J connectivity index is 2.31. The van der Waals surface area contributed by atoms with Crippen LogP contribution < -0.4 is 14.2 Å². The van der Waals surface area contributed by atoms with Crippen LogP contribution >= 0.6 is 0 Å². The van der Waals surface area contributed by atoms with Crippen LogP contribution in [0.1, 0.15) is 38.8 Å². The van der Waals surface area contributed by atoms with Gasteiger partial charge in [-0.1, -0.05) is 24.3 Å². The molecular weight excluding hydrogens is 516 g/mol. The molecule has 212 valence electrons. The van der Waals surface area contributed by atoms with Crippen molar-refractivity contribution in [3.05, 3.63) is 76.4 Å². The fraction of sp³-hybridized carbons (Fsp3) is 0.323. The van der Waals surface area contributed by atoms with Gasteiger partial charge in [-0.05, 0) is 66.5 Å². The molecule has 1 aliphatic carbocycles. The summed E-state index contributed by atoms with van der Waals surface area (Å²) in [4.78, 5) is 37.6. The molecule has 9 heteroatoms. The molecule has 0 saturated carbocycles. The van der Waals surface area contributed by atoms with Gasteiger partial charge in [-0.25, -0.2) is 0 Å². The van der Waals surface area contributed by atoms with E-state index >= 15 is 0 Å². The van der Waals surface area contributed by atoms with E-state index in [2.05, 4.69) is 0 Å². The molecule has 3 unspecified atom stereocenters. The average molecular weight is 551 g/mol. The molecule has 1 aliphatic rings. The predicted molar refractivity (Wildman–Crippen MR) is 149 cm³/mol. The van der Waals surface area contributed by atoms with Crippen LogP contribution in [0.4, 0.5) is 0 Å². The molecule has 40 heavy (non-hydrogen) atoms. The number of aliphatic carboxylic acids is 1. The van der Waals surface area contributed by atoms with Crippen LogP contribution in [0.5, 0.6) is 17.2 Å². The third-order valence-electron chi connectivity index (χ3n) is 6.78. The summed E-state index contributed by atoms with van der Waals surface area (Å²) < 4.78 is 27.4. The van der Waals surface area contributed by atoms with Crippen molar-refractivity contribution < 1.29 is 43.2 Å². The van der Waals surface area contributed by atoms with Crippen molar-refractivity contribution >= 4 is 30.1 Å². The Bertz CT molecular complexity index is 1350. The smallest absolute Gasteiger partial charge is 0.318 e. The molecule has 0 aliphatic heterocycles. The van der Waals surface area contributed by atoms with Crippen molar-refractivity contribution in [2.24, 2.45) is 5.41 Å². The van der Waals surface area contributed by atoms with Crippen LogP contribution in [-0.2, 0) is 23.9 Å². The van der Waals surface area contributed by atoms with Gasteiger partial charge in [0.25, 0.3) is 0 Å². The Morgan fingerprint density at radius 2 is 1.35 bits per heavy atom. The molecule has 0 amide bonds. The van der Waals surface area contributed by atoms with Crippen LogP contribution in [0, 0.1) is 5.41 Å². The van der Waals surface area contributed by atoms with Crippen LogP contribution in [0.25, 0.3) is 12.2 Å². The molecular formula is C31H34O9. The fourth-order valence-electron chi connectivity index (χ4n) is 4.77. The third kappa shape index (κ3) is 6.36. The van der Waals surface area contributed by atoms with Gasteiger partial charge >= 0.3 is 17.9 Å². The van der Waals surface area contributed by atoms with Gasteiger partial charge in [0.15, 0.2) is 0 Å². The molecule has 1 N–H and O–H groups in total. The number of allylic oxidation sites excluding steroid dienone is 1. The molecule has 0 spiro atoms. The first-order chi connectivity index (χ1) is 18.9. The molecule has 0 heterocycles. The number of carboxylic acid groups (broad SMARTS) is 1. The zero-order valence-electron chi connectivity index (χ0n) is 23.6. The molecule has 9 nitrogen and oxygen atoms in total. The highest BCUT2D eigenvalue weighted by molar-refractivity contribution is 5.85. The first-order valence-corrected chi connectivity index (χ1v) is 12.5. The lowest BCUT2D eigenvalue weighted by Gasteiger charge is -2.43. The molecule has 2 aromatic carbocycles. The van der Waals surface area contributed by atoms with Crippen LogP contribution in [-0.4, -0.2) is 56.6 Å². The Morgan fingerprint density at radius 3 is 1.82 bits per heavy atom. The molecule has 3 rings (SSSR count). The molecule has 0 saturated heterocycles. The second-order valence-electron chi connectivity index (χ2n) is 9.48. The quantitative estimate of drug-likeness (QED) is 0.426. The van der Waals surface area contributed by atoms with E-state index in [0.29, 0.717) is 34.0 Å². The Morgan fingerprint density at radius 1 is 0.800 bits per heavy atom. The van der Waals surface area contributed by atoms with E-state index in [1.165, 1.54) is 35.0 Å². The van der Waals surface area contributed by atoms with E-state index < -0.39 is 35.5 Å². The number of hydrogen-bond donors (Lipinski definition) is 1. The van der Waals surface area contributed by atoms with Gasteiger partial charge in [0.05, 0.1) is 21.3 Å². The number of rotatable bonds is 9. The number of hydrogen-bond acceptors (Lipinski definition) is 8. The van der Waals surface area contributed by atoms with E-state index in [-0.39, 0.29) is 5.57 Å². The van der Waals surface area contributed by atoms with Gasteiger partial charge < -0.3 is 28.8 Å². The van der Waals surface area contributed by atoms with Crippen LogP contribution in [0.2, 0.25) is 0 Å². The lowest BCUT2D eigenvalue weighted by atomic mass is 9.65. The summed E-state index contributed by atoms with van der Waals surface area (Å²) >= 11 is 0. The number of methoxy groups -OCH3 is 3. The van der Waals surface area contributed by atoms with Gasteiger partial charge in [-0.2, -0.15) is 0 Å². The van der Waals surface area contributed by atoms with Crippen molar-refractivity contribution in [3.8, 4) is 17.2 Å². The van der Waals surface area contributed by atoms with Crippen molar-refractivity contribution in [2.75, 3.05) is 21.3 Å². The molecule has 0 bridgehead atoms. The maximum atomic E-state index is 13.0. The van der Waals surface area contributed by atoms with E-state index in [9.17, 15) is 19.5 Å². The van der Waals surface area contributed by atoms with Gasteiger partial charge in [-0.3, -0.25) is 14.4 Å². The Kier molecular flexibility index (Phi) is 9.42. The van der Waals surface area contributed by atoms with Crippen molar-refractivity contribution in [3.63, 3.8) is 0 Å². The molecule has 2 aromatic rings. The van der Waals surface area contributed by atoms with Crippen LogP contribution in [0.15, 0.2) is 65.3 Å². The number of carbonyl (C=O) groups is 3. The molecule has 0 fully saturated rings. The summed E-state index contributed by atoms with van der Waals surface area (Å²) in [5, 5.41) is 10.6. The Hall–Kier alpha value is -4.53. The lowest BCUT2D eigenvalue weighted by Crippen LogP contribution is -2.51. The van der Waals surface area contributed by atoms with Gasteiger partial charge in [0.2, 0.25) is 0 Å². The largest absolute Gasteiger partial charge is 0.497 e. The topological polar surface area (TPSA) is 118 Å². The summed E-state index contributed by atoms with van der Waals surface area (Å²) in [6, 6.07) is 12.3. The number of ether oxygens (including phenoxy) is 5. The fourth-order valence-corrected chi connectivity index (χ4v) is 4.77. The predicted octanol–water partition coefficient (Wildman–Crippen LogP) is 5.09. The van der Waals surface area contributed by atoms with Gasteiger partial charge in [-0.15, -0.1) is 0 Å². The second kappa shape index (κ2) is 12.5. The first kappa shape index (κ1) is 30.0. The monoisotopic (exact) mass is 550 g/mol. The summed E-state index contributed by atoms with van der Waals surface area (Å²) in [5.74, 6) is -0.834. The minimum Gasteiger partial charge on any atom is -0.497 e. The van der Waals surface area contributed by atoms with E-state index in [0.717, 1.165) is 5.56 Å². The van der Waals surface area contributed by atoms with Gasteiger partial charge in [0, 0.05) is 25.5 Å². The summed E-state index contributed by atoms with van der Waals surface area (Å²) in [5.41, 5.74) is 0.724.